The normalized spacial score (nSPS) is 12.7. The predicted octanol–water partition coefficient (Wildman–Crippen LogP) is 3.14. The molecule has 0 spiro atoms. The number of furan rings is 1. The van der Waals surface area contributed by atoms with Gasteiger partial charge in [0.2, 0.25) is 5.76 Å². The molecule has 0 fully saturated rings. The van der Waals surface area contributed by atoms with Crippen molar-refractivity contribution in [3.8, 4) is 0 Å². The number of aliphatic hydroxyl groups excluding tert-OH is 1. The summed E-state index contributed by atoms with van der Waals surface area (Å²) >= 11 is 1.62. The Labute approximate surface area is 115 Å². The minimum Gasteiger partial charge on any atom is -0.475 e. The van der Waals surface area contributed by atoms with Crippen molar-refractivity contribution in [1.82, 2.24) is 0 Å². The molecule has 0 aliphatic heterocycles. The van der Waals surface area contributed by atoms with Gasteiger partial charge in [-0.25, -0.2) is 4.79 Å². The van der Waals surface area contributed by atoms with E-state index in [2.05, 4.69) is 0 Å². The third-order valence-electron chi connectivity index (χ3n) is 2.94. The maximum Gasteiger partial charge on any atom is 0.372 e. The molecule has 4 nitrogen and oxygen atoms in total. The van der Waals surface area contributed by atoms with Gasteiger partial charge in [0, 0.05) is 28.6 Å². The van der Waals surface area contributed by atoms with Crippen molar-refractivity contribution < 1.29 is 19.4 Å². The van der Waals surface area contributed by atoms with Crippen molar-refractivity contribution in [1.29, 1.82) is 0 Å². The molecule has 2 N–H and O–H groups in total. The number of aliphatic hydroxyl groups is 1. The smallest absolute Gasteiger partial charge is 0.372 e. The van der Waals surface area contributed by atoms with Crippen LogP contribution in [0.5, 0.6) is 0 Å². The van der Waals surface area contributed by atoms with Gasteiger partial charge in [-0.2, -0.15) is 11.8 Å². The van der Waals surface area contributed by atoms with Gasteiger partial charge < -0.3 is 14.6 Å². The first kappa shape index (κ1) is 14.0. The van der Waals surface area contributed by atoms with E-state index in [0.29, 0.717) is 17.8 Å². The Kier molecular flexibility index (Phi) is 4.50. The van der Waals surface area contributed by atoms with Crippen LogP contribution in [0.15, 0.2) is 28.7 Å². The fourth-order valence-corrected chi connectivity index (χ4v) is 2.92. The standard InChI is InChI=1S/C14H16O4S/c1-9(6-7-15)19-8-11-10-4-2-3-5-12(10)18-13(11)14(16)17/h2-5,9,15H,6-8H2,1H3,(H,16,17). The van der Waals surface area contributed by atoms with Crippen molar-refractivity contribution in [2.45, 2.75) is 24.3 Å². The van der Waals surface area contributed by atoms with Gasteiger partial charge in [0.05, 0.1) is 0 Å². The van der Waals surface area contributed by atoms with Crippen LogP contribution in [0.25, 0.3) is 11.0 Å². The number of thioether (sulfide) groups is 1. The lowest BCUT2D eigenvalue weighted by molar-refractivity contribution is 0.0664. The van der Waals surface area contributed by atoms with E-state index in [9.17, 15) is 9.90 Å². The molecule has 0 radical (unpaired) electrons. The highest BCUT2D eigenvalue weighted by atomic mass is 32.2. The van der Waals surface area contributed by atoms with Crippen molar-refractivity contribution in [2.24, 2.45) is 0 Å². The number of rotatable bonds is 6. The average molecular weight is 280 g/mol. The number of para-hydroxylation sites is 1. The molecular formula is C14H16O4S. The summed E-state index contributed by atoms with van der Waals surface area (Å²) in [6.45, 7) is 2.16. The quantitative estimate of drug-likeness (QED) is 0.850. The molecule has 0 saturated heterocycles. The number of benzene rings is 1. The Hall–Kier alpha value is -1.46. The summed E-state index contributed by atoms with van der Waals surface area (Å²) < 4.78 is 5.39. The van der Waals surface area contributed by atoms with E-state index >= 15 is 0 Å². The molecule has 2 aromatic rings. The first-order valence-corrected chi connectivity index (χ1v) is 7.14. The monoisotopic (exact) mass is 280 g/mol. The molecule has 0 aliphatic carbocycles. The topological polar surface area (TPSA) is 70.7 Å². The Balaban J connectivity index is 2.29. The highest BCUT2D eigenvalue weighted by Gasteiger charge is 2.20. The van der Waals surface area contributed by atoms with Crippen molar-refractivity contribution in [3.63, 3.8) is 0 Å². The highest BCUT2D eigenvalue weighted by molar-refractivity contribution is 7.99. The minimum atomic E-state index is -1.04. The molecule has 2 rings (SSSR count). The SMILES string of the molecule is CC(CCO)SCc1c(C(=O)O)oc2ccccc12. The van der Waals surface area contributed by atoms with Gasteiger partial charge >= 0.3 is 5.97 Å². The number of carboxylic acids is 1. The molecule has 0 aliphatic rings. The second kappa shape index (κ2) is 6.12. The largest absolute Gasteiger partial charge is 0.475 e. The van der Waals surface area contributed by atoms with Gasteiger partial charge in [0.1, 0.15) is 5.58 Å². The predicted molar refractivity (Wildman–Crippen MR) is 75.6 cm³/mol. The van der Waals surface area contributed by atoms with E-state index in [4.69, 9.17) is 9.52 Å². The Morgan fingerprint density at radius 1 is 1.42 bits per heavy atom. The average Bonchev–Trinajstić information content (AvgIpc) is 2.75. The molecular weight excluding hydrogens is 264 g/mol. The van der Waals surface area contributed by atoms with Crippen molar-refractivity contribution >= 4 is 28.7 Å². The third kappa shape index (κ3) is 3.11. The highest BCUT2D eigenvalue weighted by Crippen LogP contribution is 2.31. The number of hydrogen-bond donors (Lipinski definition) is 2. The lowest BCUT2D eigenvalue weighted by atomic mass is 10.1. The van der Waals surface area contributed by atoms with Crippen LogP contribution in [0, 0.1) is 0 Å². The van der Waals surface area contributed by atoms with Crippen molar-refractivity contribution in [3.05, 3.63) is 35.6 Å². The summed E-state index contributed by atoms with van der Waals surface area (Å²) in [6, 6.07) is 7.34. The first-order valence-electron chi connectivity index (χ1n) is 6.09. The van der Waals surface area contributed by atoms with Crippen LogP contribution in [-0.4, -0.2) is 28.0 Å². The van der Waals surface area contributed by atoms with Gasteiger partial charge in [-0.05, 0) is 12.5 Å². The number of hydrogen-bond acceptors (Lipinski definition) is 4. The summed E-state index contributed by atoms with van der Waals surface area (Å²) in [7, 11) is 0. The number of carbonyl (C=O) groups is 1. The van der Waals surface area contributed by atoms with E-state index in [1.807, 2.05) is 25.1 Å². The summed E-state index contributed by atoms with van der Waals surface area (Å²) in [5.41, 5.74) is 1.32. The van der Waals surface area contributed by atoms with Crippen LogP contribution in [0.4, 0.5) is 0 Å². The molecule has 0 amide bonds. The van der Waals surface area contributed by atoms with Gasteiger partial charge in [0.15, 0.2) is 0 Å². The number of aromatic carboxylic acids is 1. The van der Waals surface area contributed by atoms with Gasteiger partial charge in [-0.15, -0.1) is 0 Å². The maximum atomic E-state index is 11.2. The minimum absolute atomic E-state index is 0.0184. The van der Waals surface area contributed by atoms with Gasteiger partial charge in [0.25, 0.3) is 0 Å². The zero-order chi connectivity index (χ0) is 13.8. The van der Waals surface area contributed by atoms with Crippen LogP contribution >= 0.6 is 11.8 Å². The Morgan fingerprint density at radius 3 is 2.84 bits per heavy atom. The fraction of sp³-hybridized carbons (Fsp3) is 0.357. The maximum absolute atomic E-state index is 11.2. The summed E-state index contributed by atoms with van der Waals surface area (Å²) in [5.74, 6) is -0.452. The second-order valence-corrected chi connectivity index (χ2v) is 5.77. The third-order valence-corrected chi connectivity index (χ3v) is 4.20. The lowest BCUT2D eigenvalue weighted by Gasteiger charge is -2.08. The van der Waals surface area contributed by atoms with Crippen LogP contribution in [-0.2, 0) is 5.75 Å². The zero-order valence-corrected chi connectivity index (χ0v) is 11.4. The van der Waals surface area contributed by atoms with E-state index in [0.717, 1.165) is 10.9 Å². The van der Waals surface area contributed by atoms with E-state index in [-0.39, 0.29) is 17.6 Å². The molecule has 1 aromatic heterocycles. The molecule has 1 aromatic carbocycles. The Bertz CT molecular complexity index is 576. The van der Waals surface area contributed by atoms with Crippen LogP contribution < -0.4 is 0 Å². The molecule has 19 heavy (non-hydrogen) atoms. The van der Waals surface area contributed by atoms with Crippen LogP contribution in [0.2, 0.25) is 0 Å². The fourth-order valence-electron chi connectivity index (χ4n) is 1.91. The second-order valence-electron chi connectivity index (χ2n) is 4.34. The van der Waals surface area contributed by atoms with Crippen LogP contribution in [0.1, 0.15) is 29.5 Å². The number of carboxylic acid groups (broad SMARTS) is 1. The molecule has 1 atom stereocenters. The van der Waals surface area contributed by atoms with E-state index in [1.165, 1.54) is 0 Å². The zero-order valence-electron chi connectivity index (χ0n) is 10.6. The summed E-state index contributed by atoms with van der Waals surface area (Å²) in [6.07, 6.45) is 0.697. The molecule has 0 bridgehead atoms. The molecule has 0 saturated carbocycles. The van der Waals surface area contributed by atoms with Crippen LogP contribution in [0.3, 0.4) is 0 Å². The summed E-state index contributed by atoms with van der Waals surface area (Å²) in [5, 5.41) is 19.2. The van der Waals surface area contributed by atoms with Gasteiger partial charge in [-0.1, -0.05) is 25.1 Å². The molecule has 1 heterocycles. The summed E-state index contributed by atoms with van der Waals surface area (Å²) in [4.78, 5) is 11.2. The lowest BCUT2D eigenvalue weighted by Crippen LogP contribution is -2.02. The van der Waals surface area contributed by atoms with E-state index < -0.39 is 5.97 Å². The van der Waals surface area contributed by atoms with E-state index in [1.54, 1.807) is 17.8 Å². The molecule has 102 valence electrons. The first-order chi connectivity index (χ1) is 9.13. The molecule has 5 heteroatoms. The number of fused-ring (bicyclic) bond motifs is 1. The Morgan fingerprint density at radius 2 is 2.16 bits per heavy atom. The molecule has 1 unspecified atom stereocenters. The van der Waals surface area contributed by atoms with Gasteiger partial charge in [-0.3, -0.25) is 0 Å². The van der Waals surface area contributed by atoms with Crippen molar-refractivity contribution in [2.75, 3.05) is 6.61 Å².